The molecule has 9 rings (SSSR count). The predicted octanol–water partition coefficient (Wildman–Crippen LogP) is 9.70. The van der Waals surface area contributed by atoms with Gasteiger partial charge in [-0.25, -0.2) is 15.0 Å². The van der Waals surface area contributed by atoms with Crippen LogP contribution in [0, 0.1) is 0 Å². The molecule has 6 aromatic rings. The lowest BCUT2D eigenvalue weighted by Gasteiger charge is -2.38. The van der Waals surface area contributed by atoms with Crippen LogP contribution in [0.15, 0.2) is 167 Å². The summed E-state index contributed by atoms with van der Waals surface area (Å²) in [6.45, 7) is 2.19. The van der Waals surface area contributed by atoms with Gasteiger partial charge in [0, 0.05) is 33.4 Å². The summed E-state index contributed by atoms with van der Waals surface area (Å²) in [6.07, 6.45) is 6.45. The summed E-state index contributed by atoms with van der Waals surface area (Å²) >= 11 is 0. The topological polar surface area (TPSA) is 79.5 Å². The first-order valence-electron chi connectivity index (χ1n) is 18.1. The van der Waals surface area contributed by atoms with E-state index in [0.29, 0.717) is 5.82 Å². The van der Waals surface area contributed by atoms with Crippen molar-refractivity contribution in [3.8, 4) is 56.9 Å². The summed E-state index contributed by atoms with van der Waals surface area (Å²) in [4.78, 5) is 16.3. The van der Waals surface area contributed by atoms with Crippen LogP contribution in [0.3, 0.4) is 0 Å². The first-order chi connectivity index (χ1) is 27.0. The largest absolute Gasteiger partial charge is 0.497 e. The first-order valence-corrected chi connectivity index (χ1v) is 18.1. The van der Waals surface area contributed by atoms with E-state index in [9.17, 15) is 0 Å². The fourth-order valence-electron chi connectivity index (χ4n) is 8.00. The molecular weight excluding hydrogens is 685 g/mol. The van der Waals surface area contributed by atoms with Crippen LogP contribution in [0.4, 0.5) is 0 Å². The fraction of sp³-hybridized carbons (Fsp3) is 0.128. The Hall–Kier alpha value is -6.93. The van der Waals surface area contributed by atoms with E-state index in [1.807, 2.05) is 72.8 Å². The Morgan fingerprint density at radius 3 is 1.53 bits per heavy atom. The summed E-state index contributed by atoms with van der Waals surface area (Å²) < 4.78 is 24.5. The molecule has 0 saturated carbocycles. The molecule has 0 amide bonds. The lowest BCUT2D eigenvalue weighted by Crippen LogP contribution is -2.37. The zero-order valence-corrected chi connectivity index (χ0v) is 31.2. The van der Waals surface area contributed by atoms with Gasteiger partial charge in [0.25, 0.3) is 0 Å². The summed E-state index contributed by atoms with van der Waals surface area (Å²) in [5.74, 6) is 4.60. The third kappa shape index (κ3) is 5.32. The Balaban J connectivity index is 1.36. The van der Waals surface area contributed by atoms with Crippen molar-refractivity contribution >= 4 is 11.4 Å². The molecule has 0 bridgehead atoms. The maximum Gasteiger partial charge on any atom is 0.159 e. The lowest BCUT2D eigenvalue weighted by atomic mass is 9.74. The maximum atomic E-state index is 5.60. The number of rotatable bonds is 8. The van der Waals surface area contributed by atoms with E-state index in [1.54, 1.807) is 28.4 Å². The van der Waals surface area contributed by atoms with Gasteiger partial charge < -0.3 is 23.5 Å². The average Bonchev–Trinajstić information content (AvgIpc) is 3.94. The van der Waals surface area contributed by atoms with E-state index in [4.69, 9.17) is 33.9 Å². The summed E-state index contributed by atoms with van der Waals surface area (Å²) in [7, 11) is 6.70. The molecule has 8 nitrogen and oxygen atoms in total. The third-order valence-electron chi connectivity index (χ3n) is 10.7. The molecule has 0 fully saturated rings. The fourth-order valence-corrected chi connectivity index (χ4v) is 8.00. The van der Waals surface area contributed by atoms with Gasteiger partial charge in [0.05, 0.1) is 51.3 Å². The Morgan fingerprint density at radius 1 is 0.545 bits per heavy atom. The summed E-state index contributed by atoms with van der Waals surface area (Å²) in [6, 6.07) is 40.8. The number of hydrogen-bond acceptors (Lipinski definition) is 7. The number of allylic oxidation sites excluding steroid dienone is 5. The molecule has 1 atom stereocenters. The van der Waals surface area contributed by atoms with Crippen molar-refractivity contribution < 1.29 is 18.9 Å². The average molecular weight is 723 g/mol. The smallest absolute Gasteiger partial charge is 0.159 e. The van der Waals surface area contributed by atoms with Gasteiger partial charge in [-0.15, -0.1) is 0 Å². The number of aromatic nitrogens is 2. The predicted molar refractivity (Wildman–Crippen MR) is 218 cm³/mol. The molecule has 0 saturated heterocycles. The zero-order chi connectivity index (χ0) is 37.7. The van der Waals surface area contributed by atoms with Crippen molar-refractivity contribution in [1.29, 1.82) is 0 Å². The second-order valence-corrected chi connectivity index (χ2v) is 13.5. The third-order valence-corrected chi connectivity index (χ3v) is 10.7. The van der Waals surface area contributed by atoms with Crippen molar-refractivity contribution in [2.24, 2.45) is 9.98 Å². The number of benzene rings is 5. The second-order valence-electron chi connectivity index (χ2n) is 13.5. The minimum atomic E-state index is -0.837. The molecule has 3 heterocycles. The van der Waals surface area contributed by atoms with Gasteiger partial charge in [-0.05, 0) is 115 Å². The van der Waals surface area contributed by atoms with Crippen molar-refractivity contribution in [1.82, 2.24) is 9.55 Å². The molecule has 1 spiro atoms. The molecule has 2 aliphatic heterocycles. The number of imidazole rings is 1. The number of fused-ring (bicyclic) bond motifs is 5. The Morgan fingerprint density at radius 2 is 1.02 bits per heavy atom. The standard InChI is InChI=1S/C47H38N4O4/c1-29-9-8-12-40(45-48-41(30-13-21-34(52-2)22-14-30)42(49-45)31-15-23-35(53-3)24-16-31)47(29)39-11-7-6-10-38(39)46-50-43(32-17-25-36(54-4)26-18-32)44(51(46)47)33-19-27-37(55-5)28-20-33/h6-28H,1-5H3. The number of methoxy groups -OCH3 is 4. The minimum Gasteiger partial charge on any atom is -0.497 e. The van der Waals surface area contributed by atoms with Crippen molar-refractivity contribution in [3.63, 3.8) is 0 Å². The molecule has 3 aliphatic rings. The summed E-state index contributed by atoms with van der Waals surface area (Å²) in [5.41, 5.74) is 10.6. The van der Waals surface area contributed by atoms with Crippen LogP contribution in [0.25, 0.3) is 33.9 Å². The summed E-state index contributed by atoms with van der Waals surface area (Å²) in [5, 5.41) is 0. The van der Waals surface area contributed by atoms with Crippen molar-refractivity contribution in [2.45, 2.75) is 12.5 Å². The van der Waals surface area contributed by atoms with Gasteiger partial charge in [0.15, 0.2) is 5.82 Å². The zero-order valence-electron chi connectivity index (χ0n) is 31.2. The van der Waals surface area contributed by atoms with Crippen LogP contribution in [-0.4, -0.2) is 49.4 Å². The van der Waals surface area contributed by atoms with Crippen LogP contribution in [-0.2, 0) is 5.54 Å². The maximum absolute atomic E-state index is 5.60. The first kappa shape index (κ1) is 33.9. The highest BCUT2D eigenvalue weighted by atomic mass is 16.5. The van der Waals surface area contributed by atoms with E-state index >= 15 is 0 Å². The van der Waals surface area contributed by atoms with E-state index < -0.39 is 5.54 Å². The Labute approximate surface area is 320 Å². The molecular formula is C47H38N4O4. The molecule has 270 valence electrons. The normalized spacial score (nSPS) is 16.7. The van der Waals surface area contributed by atoms with Gasteiger partial charge in [-0.1, -0.05) is 42.5 Å². The number of aliphatic imine (C=N–C) groups is 2. The van der Waals surface area contributed by atoms with Gasteiger partial charge in [-0.3, -0.25) is 0 Å². The highest BCUT2D eigenvalue weighted by molar-refractivity contribution is 6.55. The minimum absolute atomic E-state index is 0.628. The molecule has 8 heteroatoms. The van der Waals surface area contributed by atoms with Crippen molar-refractivity contribution in [3.05, 3.63) is 173 Å². The van der Waals surface area contributed by atoms with E-state index in [0.717, 1.165) is 96.2 Å². The number of hydrogen-bond donors (Lipinski definition) is 0. The van der Waals surface area contributed by atoms with E-state index in [2.05, 4.69) is 78.2 Å². The molecule has 55 heavy (non-hydrogen) atoms. The van der Waals surface area contributed by atoms with Crippen LogP contribution in [0.5, 0.6) is 23.0 Å². The number of ether oxygens (including phenoxy) is 4. The van der Waals surface area contributed by atoms with E-state index in [1.165, 1.54) is 0 Å². The van der Waals surface area contributed by atoms with Crippen LogP contribution >= 0.6 is 0 Å². The SMILES string of the molecule is COc1ccc(C2=NC(=C3C=CC=C(C)C34c3ccccc3-c3nc(-c5ccc(OC)cc5)c(-c5ccc(OC)cc5)n34)N=C2c2ccc(OC)cc2)cc1. The van der Waals surface area contributed by atoms with Gasteiger partial charge in [0.1, 0.15) is 34.4 Å². The van der Waals surface area contributed by atoms with Crippen molar-refractivity contribution in [2.75, 3.05) is 28.4 Å². The Bertz CT molecular complexity index is 2540. The Kier molecular flexibility index (Phi) is 8.31. The monoisotopic (exact) mass is 722 g/mol. The second kappa shape index (κ2) is 13.5. The molecule has 0 radical (unpaired) electrons. The van der Waals surface area contributed by atoms with Gasteiger partial charge in [-0.2, -0.15) is 0 Å². The van der Waals surface area contributed by atoms with Gasteiger partial charge >= 0.3 is 0 Å². The van der Waals surface area contributed by atoms with Crippen LogP contribution in [0.2, 0.25) is 0 Å². The molecule has 1 unspecified atom stereocenters. The highest BCUT2D eigenvalue weighted by Crippen LogP contribution is 2.57. The highest BCUT2D eigenvalue weighted by Gasteiger charge is 2.52. The quantitative estimate of drug-likeness (QED) is 0.156. The van der Waals surface area contributed by atoms with E-state index in [-0.39, 0.29) is 0 Å². The molecule has 1 aliphatic carbocycles. The van der Waals surface area contributed by atoms with Gasteiger partial charge in [0.2, 0.25) is 0 Å². The lowest BCUT2D eigenvalue weighted by molar-refractivity contribution is 0.414. The molecule has 5 aromatic carbocycles. The molecule has 0 N–H and O–H groups in total. The molecule has 1 aromatic heterocycles. The number of nitrogens with zero attached hydrogens (tertiary/aromatic N) is 4. The van der Waals surface area contributed by atoms with Crippen LogP contribution in [0.1, 0.15) is 23.6 Å². The van der Waals surface area contributed by atoms with Crippen LogP contribution < -0.4 is 18.9 Å².